The molecule has 0 aromatic carbocycles. The van der Waals surface area contributed by atoms with E-state index in [0.29, 0.717) is 19.4 Å². The molecule has 0 atom stereocenters. The Balaban J connectivity index is 0. The average molecular weight is 505 g/mol. The normalized spacial score (nSPS) is 23.0. The number of aliphatic imine (C=N–C) groups is 1. The number of nitrogens with two attached hydrogens (primary N) is 4. The molecule has 1 saturated carbocycles. The fraction of sp³-hybridized carbons (Fsp3) is 0.957. The molecule has 2 aliphatic heterocycles. The molecule has 0 aromatic rings. The standard InChI is InChI=1S/C7H16N2.C6H14N2.C5H12N2.C3H10N4.C2H8N2/c1-9-7-4-2-6(8)3-5-7;1-7-3-5-8(2)6-4-7;1-7-4-2-6-3-5-7;1-6-2-7-3(4)5;1-4-2-3/h6-7,9H,2-5,8H2,1H3;3-6H2,1-2H3;6H,2-5H2,1H3;6H,2H2,1H3,(H4,4,5,7);4H,2-3H2,1H3. The van der Waals surface area contributed by atoms with Gasteiger partial charge in [0.2, 0.25) is 0 Å². The highest BCUT2D eigenvalue weighted by molar-refractivity contribution is 5.75. The van der Waals surface area contributed by atoms with Crippen molar-refractivity contribution in [1.82, 2.24) is 36.0 Å². The monoisotopic (exact) mass is 505 g/mol. The predicted molar refractivity (Wildman–Crippen MR) is 153 cm³/mol. The molecule has 0 radical (unpaired) electrons. The topological polar surface area (TPSA) is 174 Å². The number of guanidine groups is 1. The molecule has 0 amide bonds. The highest BCUT2D eigenvalue weighted by Gasteiger charge is 2.15. The van der Waals surface area contributed by atoms with Gasteiger partial charge in [-0.2, -0.15) is 0 Å². The molecule has 12 nitrogen and oxygen atoms in total. The molecule has 0 bridgehead atoms. The second kappa shape index (κ2) is 26.0. The molecular weight excluding hydrogens is 444 g/mol. The summed E-state index contributed by atoms with van der Waals surface area (Å²) in [6, 6.07) is 1.22. The lowest BCUT2D eigenvalue weighted by molar-refractivity contribution is 0.181. The SMILES string of the molecule is CN1CCN(C)CC1.CN1CCNCC1.CNC1CCC(N)CC1.CNCN.CNCN=C(N)N. The first-order chi connectivity index (χ1) is 16.7. The third-order valence-electron chi connectivity index (χ3n) is 5.87. The van der Waals surface area contributed by atoms with E-state index in [9.17, 15) is 0 Å². The van der Waals surface area contributed by atoms with Crippen LogP contribution in [0.25, 0.3) is 0 Å². The van der Waals surface area contributed by atoms with Crippen molar-refractivity contribution in [2.24, 2.45) is 27.9 Å². The van der Waals surface area contributed by atoms with Crippen LogP contribution < -0.4 is 44.2 Å². The molecule has 3 rings (SSSR count). The fourth-order valence-electron chi connectivity index (χ4n) is 3.26. The summed E-state index contributed by atoms with van der Waals surface area (Å²) in [6.45, 7) is 10.7. The Bertz CT molecular complexity index is 428. The van der Waals surface area contributed by atoms with Crippen molar-refractivity contribution in [3.63, 3.8) is 0 Å². The second-order valence-electron chi connectivity index (χ2n) is 9.21. The van der Waals surface area contributed by atoms with Gasteiger partial charge in [-0.15, -0.1) is 0 Å². The van der Waals surface area contributed by atoms with E-state index in [4.69, 9.17) is 22.9 Å². The van der Waals surface area contributed by atoms with E-state index in [1.54, 1.807) is 14.1 Å². The minimum absolute atomic E-state index is 0.120. The molecule has 1 aliphatic carbocycles. The van der Waals surface area contributed by atoms with Crippen LogP contribution in [0.5, 0.6) is 0 Å². The molecule has 12 N–H and O–H groups in total. The number of rotatable bonds is 4. The van der Waals surface area contributed by atoms with Gasteiger partial charge in [-0.05, 0) is 68.0 Å². The molecule has 0 aromatic heterocycles. The molecule has 212 valence electrons. The van der Waals surface area contributed by atoms with Gasteiger partial charge in [-0.1, -0.05) is 0 Å². The summed E-state index contributed by atoms with van der Waals surface area (Å²) in [7, 11) is 12.1. The van der Waals surface area contributed by atoms with Gasteiger partial charge in [0, 0.05) is 71.1 Å². The van der Waals surface area contributed by atoms with E-state index < -0.39 is 0 Å². The van der Waals surface area contributed by atoms with Gasteiger partial charge in [0.05, 0.1) is 6.67 Å². The summed E-state index contributed by atoms with van der Waals surface area (Å²) >= 11 is 0. The van der Waals surface area contributed by atoms with E-state index in [1.165, 1.54) is 65.0 Å². The van der Waals surface area contributed by atoms with Crippen molar-refractivity contribution in [3.8, 4) is 0 Å². The van der Waals surface area contributed by atoms with Crippen LogP contribution in [-0.4, -0.2) is 141 Å². The average Bonchev–Trinajstić information content (AvgIpc) is 2.87. The highest BCUT2D eigenvalue weighted by atomic mass is 15.2. The number of hydrogen-bond donors (Lipinski definition) is 8. The number of nitrogens with one attached hydrogen (secondary N) is 4. The molecule has 3 fully saturated rings. The van der Waals surface area contributed by atoms with E-state index in [1.807, 2.05) is 7.05 Å². The molecule has 3 aliphatic rings. The van der Waals surface area contributed by atoms with Crippen molar-refractivity contribution in [2.75, 3.05) is 108 Å². The Morgan fingerprint density at radius 3 is 1.49 bits per heavy atom. The maximum atomic E-state index is 5.72. The van der Waals surface area contributed by atoms with Crippen LogP contribution in [0.2, 0.25) is 0 Å². The van der Waals surface area contributed by atoms with Gasteiger partial charge < -0.3 is 58.9 Å². The lowest BCUT2D eigenvalue weighted by Crippen LogP contribution is -2.42. The minimum atomic E-state index is 0.120. The van der Waals surface area contributed by atoms with Gasteiger partial charge in [-0.3, -0.25) is 0 Å². The number of hydrogen-bond acceptors (Lipinski definition) is 10. The van der Waals surface area contributed by atoms with E-state index in [2.05, 4.69) is 62.1 Å². The van der Waals surface area contributed by atoms with Crippen molar-refractivity contribution in [2.45, 2.75) is 37.8 Å². The molecule has 35 heavy (non-hydrogen) atoms. The van der Waals surface area contributed by atoms with Crippen molar-refractivity contribution in [3.05, 3.63) is 0 Å². The summed E-state index contributed by atoms with van der Waals surface area (Å²) in [5.74, 6) is 0.120. The second-order valence-corrected chi connectivity index (χ2v) is 9.21. The van der Waals surface area contributed by atoms with Crippen LogP contribution >= 0.6 is 0 Å². The van der Waals surface area contributed by atoms with Gasteiger partial charge in [-0.25, -0.2) is 4.99 Å². The Morgan fingerprint density at radius 2 is 1.23 bits per heavy atom. The van der Waals surface area contributed by atoms with Crippen LogP contribution in [0, 0.1) is 0 Å². The molecule has 0 spiro atoms. The fourth-order valence-corrected chi connectivity index (χ4v) is 3.26. The molecule has 12 heteroatoms. The molecule has 0 unspecified atom stereocenters. The molecule has 2 saturated heterocycles. The quantitative estimate of drug-likeness (QED) is 0.115. The van der Waals surface area contributed by atoms with Crippen LogP contribution in [0.15, 0.2) is 4.99 Å². The third-order valence-corrected chi connectivity index (χ3v) is 5.87. The van der Waals surface area contributed by atoms with E-state index in [0.717, 1.165) is 19.1 Å². The van der Waals surface area contributed by atoms with Crippen LogP contribution in [0.4, 0.5) is 0 Å². The van der Waals surface area contributed by atoms with Crippen molar-refractivity contribution in [1.29, 1.82) is 0 Å². The Kier molecular flexibility index (Phi) is 26.8. The first-order valence-electron chi connectivity index (χ1n) is 12.9. The van der Waals surface area contributed by atoms with Gasteiger partial charge in [0.1, 0.15) is 0 Å². The van der Waals surface area contributed by atoms with Gasteiger partial charge >= 0.3 is 0 Å². The summed E-state index contributed by atoms with van der Waals surface area (Å²) in [4.78, 5) is 10.7. The third kappa shape index (κ3) is 27.3. The molecular formula is C23H60N12. The van der Waals surface area contributed by atoms with E-state index >= 15 is 0 Å². The van der Waals surface area contributed by atoms with Crippen molar-refractivity contribution < 1.29 is 0 Å². The highest BCUT2D eigenvalue weighted by Crippen LogP contribution is 2.15. The number of nitrogens with zero attached hydrogens (tertiary/aromatic N) is 4. The smallest absolute Gasteiger partial charge is 0.187 e. The Morgan fingerprint density at radius 1 is 0.800 bits per heavy atom. The van der Waals surface area contributed by atoms with Crippen LogP contribution in [0.3, 0.4) is 0 Å². The molecule has 2 heterocycles. The zero-order valence-electron chi connectivity index (χ0n) is 23.7. The zero-order valence-corrected chi connectivity index (χ0v) is 23.7. The summed E-state index contributed by atoms with van der Waals surface area (Å²) in [5.41, 5.74) is 20.6. The first kappa shape index (κ1) is 36.1. The number of likely N-dealkylation sites (N-methyl/N-ethyl adjacent to an activating group) is 3. The van der Waals surface area contributed by atoms with E-state index in [-0.39, 0.29) is 5.96 Å². The summed E-state index contributed by atoms with van der Waals surface area (Å²) in [6.07, 6.45) is 4.92. The maximum absolute atomic E-state index is 5.72. The van der Waals surface area contributed by atoms with Crippen LogP contribution in [0.1, 0.15) is 25.7 Å². The summed E-state index contributed by atoms with van der Waals surface area (Å²) < 4.78 is 0. The van der Waals surface area contributed by atoms with Crippen LogP contribution in [-0.2, 0) is 0 Å². The first-order valence-corrected chi connectivity index (χ1v) is 12.9. The zero-order chi connectivity index (χ0) is 26.9. The van der Waals surface area contributed by atoms with Crippen molar-refractivity contribution >= 4 is 5.96 Å². The predicted octanol–water partition coefficient (Wildman–Crippen LogP) is -2.58. The van der Waals surface area contributed by atoms with Gasteiger partial charge in [0.25, 0.3) is 0 Å². The summed E-state index contributed by atoms with van der Waals surface area (Å²) in [5, 5.41) is 12.0. The Hall–Kier alpha value is -1.09. The largest absolute Gasteiger partial charge is 0.370 e. The van der Waals surface area contributed by atoms with Gasteiger partial charge in [0.15, 0.2) is 5.96 Å². The Labute approximate surface area is 216 Å². The number of piperazine rings is 2. The lowest BCUT2D eigenvalue weighted by atomic mass is 9.92. The minimum Gasteiger partial charge on any atom is -0.370 e. The maximum Gasteiger partial charge on any atom is 0.187 e. The lowest BCUT2D eigenvalue weighted by Gasteiger charge is -2.28.